The van der Waals surface area contributed by atoms with Crippen molar-refractivity contribution in [3.8, 4) is 0 Å². The monoisotopic (exact) mass is 290 g/mol. The molecule has 1 aliphatic rings. The molecule has 21 heavy (non-hydrogen) atoms. The Morgan fingerprint density at radius 3 is 3.10 bits per heavy atom. The topological polar surface area (TPSA) is 44.3 Å². The van der Waals surface area contributed by atoms with Crippen molar-refractivity contribution < 1.29 is 5.11 Å². The molecule has 0 saturated carbocycles. The molecule has 1 aromatic rings. The van der Waals surface area contributed by atoms with E-state index in [4.69, 9.17) is 5.11 Å². The van der Waals surface area contributed by atoms with Crippen LogP contribution < -0.4 is 10.6 Å². The van der Waals surface area contributed by atoms with Crippen LogP contribution in [0.3, 0.4) is 0 Å². The minimum absolute atomic E-state index is 0.265. The van der Waals surface area contributed by atoms with Crippen LogP contribution in [0.1, 0.15) is 51.0 Å². The summed E-state index contributed by atoms with van der Waals surface area (Å²) in [4.78, 5) is 0. The van der Waals surface area contributed by atoms with Crippen LogP contribution in [-0.4, -0.2) is 30.3 Å². The molecule has 3 nitrogen and oxygen atoms in total. The zero-order valence-electron chi connectivity index (χ0n) is 13.3. The van der Waals surface area contributed by atoms with Crippen LogP contribution in [0.25, 0.3) is 0 Å². The van der Waals surface area contributed by atoms with E-state index in [-0.39, 0.29) is 6.61 Å². The van der Waals surface area contributed by atoms with Gasteiger partial charge in [-0.05, 0) is 63.3 Å². The second-order valence-electron chi connectivity index (χ2n) is 6.31. The largest absolute Gasteiger partial charge is 0.396 e. The first kappa shape index (κ1) is 16.3. The van der Waals surface area contributed by atoms with Crippen molar-refractivity contribution in [3.63, 3.8) is 0 Å². The molecule has 0 amide bonds. The molecule has 1 heterocycles. The maximum Gasteiger partial charge on any atom is 0.0434 e. The van der Waals surface area contributed by atoms with Gasteiger partial charge in [-0.2, -0.15) is 0 Å². The van der Waals surface area contributed by atoms with Crippen molar-refractivity contribution >= 4 is 5.69 Å². The highest BCUT2D eigenvalue weighted by molar-refractivity contribution is 5.46. The van der Waals surface area contributed by atoms with Crippen LogP contribution >= 0.6 is 0 Å². The third-order valence-electron chi connectivity index (χ3n) is 4.26. The number of hydrogen-bond acceptors (Lipinski definition) is 3. The van der Waals surface area contributed by atoms with E-state index in [1.807, 2.05) is 0 Å². The molecule has 0 radical (unpaired) electrons. The quantitative estimate of drug-likeness (QED) is 0.721. The third-order valence-corrected chi connectivity index (χ3v) is 4.26. The molecule has 1 fully saturated rings. The van der Waals surface area contributed by atoms with Gasteiger partial charge in [-0.3, -0.25) is 0 Å². The standard InChI is InChI=1S/C18H30N2O/c1-15(13-17-9-3-2-4-11-19-17)20-18-10-5-7-16(14-18)8-6-12-21/h5,7,10,14-15,17,19-21H,2-4,6,8-9,11-13H2,1H3. The molecule has 0 aromatic heterocycles. The van der Waals surface area contributed by atoms with Gasteiger partial charge in [0, 0.05) is 24.4 Å². The maximum absolute atomic E-state index is 8.92. The van der Waals surface area contributed by atoms with Crippen LogP contribution in [-0.2, 0) is 6.42 Å². The first-order chi connectivity index (χ1) is 10.3. The fraction of sp³-hybridized carbons (Fsp3) is 0.667. The van der Waals surface area contributed by atoms with Gasteiger partial charge in [-0.25, -0.2) is 0 Å². The first-order valence-corrected chi connectivity index (χ1v) is 8.47. The van der Waals surface area contributed by atoms with Crippen molar-refractivity contribution in [2.75, 3.05) is 18.5 Å². The number of aryl methyl sites for hydroxylation is 1. The summed E-state index contributed by atoms with van der Waals surface area (Å²) in [6, 6.07) is 9.73. The summed E-state index contributed by atoms with van der Waals surface area (Å²) in [7, 11) is 0. The maximum atomic E-state index is 8.92. The van der Waals surface area contributed by atoms with Gasteiger partial charge in [-0.15, -0.1) is 0 Å². The van der Waals surface area contributed by atoms with Crippen LogP contribution in [0.15, 0.2) is 24.3 Å². The Labute approximate surface area is 129 Å². The highest BCUT2D eigenvalue weighted by Gasteiger charge is 2.14. The van der Waals surface area contributed by atoms with Crippen LogP contribution in [0.2, 0.25) is 0 Å². The Hall–Kier alpha value is -1.06. The van der Waals surface area contributed by atoms with E-state index >= 15 is 0 Å². The highest BCUT2D eigenvalue weighted by atomic mass is 16.2. The predicted octanol–water partition coefficient (Wildman–Crippen LogP) is 3.33. The van der Waals surface area contributed by atoms with E-state index in [1.165, 1.54) is 49.9 Å². The first-order valence-electron chi connectivity index (χ1n) is 8.47. The zero-order valence-corrected chi connectivity index (χ0v) is 13.3. The summed E-state index contributed by atoms with van der Waals surface area (Å²) in [6.07, 6.45) is 8.34. The third kappa shape index (κ3) is 6.06. The number of rotatable bonds is 7. The minimum atomic E-state index is 0.265. The number of aliphatic hydroxyl groups is 1. The van der Waals surface area contributed by atoms with Crippen LogP contribution in [0.5, 0.6) is 0 Å². The number of benzene rings is 1. The summed E-state index contributed by atoms with van der Waals surface area (Å²) in [5, 5.41) is 16.2. The van der Waals surface area contributed by atoms with Gasteiger partial charge in [0.15, 0.2) is 0 Å². The van der Waals surface area contributed by atoms with Gasteiger partial charge in [0.1, 0.15) is 0 Å². The molecular weight excluding hydrogens is 260 g/mol. The predicted molar refractivity (Wildman–Crippen MR) is 89.8 cm³/mol. The molecule has 3 heteroatoms. The zero-order chi connectivity index (χ0) is 14.9. The summed E-state index contributed by atoms with van der Waals surface area (Å²) in [5.41, 5.74) is 2.50. The smallest absolute Gasteiger partial charge is 0.0434 e. The summed E-state index contributed by atoms with van der Waals surface area (Å²) >= 11 is 0. The molecule has 2 unspecified atom stereocenters. The van der Waals surface area contributed by atoms with Gasteiger partial charge >= 0.3 is 0 Å². The molecule has 2 rings (SSSR count). The molecule has 1 aliphatic heterocycles. The van der Waals surface area contributed by atoms with Crippen LogP contribution in [0.4, 0.5) is 5.69 Å². The lowest BCUT2D eigenvalue weighted by atomic mass is 10.0. The number of nitrogens with one attached hydrogen (secondary N) is 2. The van der Waals surface area contributed by atoms with Crippen molar-refractivity contribution in [2.45, 2.75) is 64.0 Å². The van der Waals surface area contributed by atoms with Crippen molar-refractivity contribution in [1.29, 1.82) is 0 Å². The van der Waals surface area contributed by atoms with Gasteiger partial charge in [-0.1, -0.05) is 25.0 Å². The van der Waals surface area contributed by atoms with E-state index in [9.17, 15) is 0 Å². The highest BCUT2D eigenvalue weighted by Crippen LogP contribution is 2.17. The van der Waals surface area contributed by atoms with Crippen molar-refractivity contribution in [2.24, 2.45) is 0 Å². The number of hydrogen-bond donors (Lipinski definition) is 3. The molecular formula is C18H30N2O. The van der Waals surface area contributed by atoms with Gasteiger partial charge in [0.2, 0.25) is 0 Å². The second kappa shape index (κ2) is 9.06. The molecule has 118 valence electrons. The Morgan fingerprint density at radius 2 is 2.24 bits per heavy atom. The Bertz CT molecular complexity index is 400. The summed E-state index contributed by atoms with van der Waals surface area (Å²) < 4.78 is 0. The lowest BCUT2D eigenvalue weighted by Gasteiger charge is -2.22. The molecule has 3 N–H and O–H groups in total. The fourth-order valence-corrected chi connectivity index (χ4v) is 3.17. The number of anilines is 1. The summed E-state index contributed by atoms with van der Waals surface area (Å²) in [5.74, 6) is 0. The molecule has 1 saturated heterocycles. The van der Waals surface area contributed by atoms with E-state index < -0.39 is 0 Å². The SMILES string of the molecule is CC(CC1CCCCCN1)Nc1cccc(CCCO)c1. The molecule has 0 bridgehead atoms. The van der Waals surface area contributed by atoms with Crippen LogP contribution in [0, 0.1) is 0 Å². The lowest BCUT2D eigenvalue weighted by molar-refractivity contribution is 0.288. The molecule has 2 atom stereocenters. The van der Waals surface area contributed by atoms with E-state index in [0.717, 1.165) is 12.8 Å². The molecule has 0 aliphatic carbocycles. The molecule has 0 spiro atoms. The van der Waals surface area contributed by atoms with E-state index in [2.05, 4.69) is 41.8 Å². The van der Waals surface area contributed by atoms with Gasteiger partial charge in [0.25, 0.3) is 0 Å². The Balaban J connectivity index is 1.82. The van der Waals surface area contributed by atoms with Gasteiger partial charge < -0.3 is 15.7 Å². The summed E-state index contributed by atoms with van der Waals surface area (Å²) in [6.45, 7) is 3.71. The van der Waals surface area contributed by atoms with Crippen molar-refractivity contribution in [3.05, 3.63) is 29.8 Å². The normalized spacial score (nSPS) is 20.8. The minimum Gasteiger partial charge on any atom is -0.396 e. The van der Waals surface area contributed by atoms with Gasteiger partial charge in [0.05, 0.1) is 0 Å². The number of aliphatic hydroxyl groups excluding tert-OH is 1. The Morgan fingerprint density at radius 1 is 1.33 bits per heavy atom. The Kier molecular flexibility index (Phi) is 7.04. The lowest BCUT2D eigenvalue weighted by Crippen LogP contribution is -2.33. The average Bonchev–Trinajstić information content (AvgIpc) is 2.74. The van der Waals surface area contributed by atoms with E-state index in [1.54, 1.807) is 0 Å². The average molecular weight is 290 g/mol. The fourth-order valence-electron chi connectivity index (χ4n) is 3.17. The second-order valence-corrected chi connectivity index (χ2v) is 6.31. The molecule has 1 aromatic carbocycles. The van der Waals surface area contributed by atoms with Crippen molar-refractivity contribution in [1.82, 2.24) is 5.32 Å². The van der Waals surface area contributed by atoms with E-state index in [0.29, 0.717) is 12.1 Å².